The van der Waals surface area contributed by atoms with Crippen LogP contribution in [0.5, 0.6) is 0 Å². The number of thiophene rings is 1. The van der Waals surface area contributed by atoms with E-state index in [0.717, 1.165) is 41.9 Å². The Hall–Kier alpha value is -3.52. The molecule has 1 N–H and O–H groups in total. The highest BCUT2D eigenvalue weighted by Gasteiger charge is 2.22. The van der Waals surface area contributed by atoms with Crippen molar-refractivity contribution in [3.05, 3.63) is 82.1 Å². The lowest BCUT2D eigenvalue weighted by Gasteiger charge is -2.31. The van der Waals surface area contributed by atoms with Crippen LogP contribution in [0.1, 0.15) is 28.2 Å². The van der Waals surface area contributed by atoms with Gasteiger partial charge < -0.3 is 14.7 Å². The maximum Gasteiger partial charge on any atom is 0.255 e. The molecule has 1 aliphatic heterocycles. The lowest BCUT2D eigenvalue weighted by Crippen LogP contribution is -2.29. The van der Waals surface area contributed by atoms with Crippen LogP contribution in [0.25, 0.3) is 11.4 Å². The van der Waals surface area contributed by atoms with Crippen LogP contribution >= 0.6 is 11.3 Å². The van der Waals surface area contributed by atoms with Crippen molar-refractivity contribution in [3.8, 4) is 11.4 Å². The van der Waals surface area contributed by atoms with Crippen LogP contribution in [0.3, 0.4) is 0 Å². The molecule has 156 valence electrons. The molecule has 3 heterocycles. The Morgan fingerprint density at radius 1 is 1.19 bits per heavy atom. The minimum absolute atomic E-state index is 0.261. The first-order valence-corrected chi connectivity index (χ1v) is 10.9. The first-order valence-electron chi connectivity index (χ1n) is 9.96. The second kappa shape index (κ2) is 8.31. The van der Waals surface area contributed by atoms with E-state index < -0.39 is 0 Å². The number of anilines is 2. The van der Waals surface area contributed by atoms with Crippen molar-refractivity contribution in [1.29, 1.82) is 0 Å². The molecule has 31 heavy (non-hydrogen) atoms. The van der Waals surface area contributed by atoms with E-state index in [9.17, 15) is 9.18 Å². The molecule has 4 aromatic rings. The summed E-state index contributed by atoms with van der Waals surface area (Å²) in [7, 11) is 0. The van der Waals surface area contributed by atoms with E-state index in [1.54, 1.807) is 11.3 Å². The van der Waals surface area contributed by atoms with Gasteiger partial charge in [-0.2, -0.15) is 16.3 Å². The summed E-state index contributed by atoms with van der Waals surface area (Å²) in [5.41, 5.74) is 4.24. The van der Waals surface area contributed by atoms with Crippen LogP contribution in [-0.2, 0) is 13.0 Å². The Bertz CT molecular complexity index is 1200. The second-order valence-corrected chi connectivity index (χ2v) is 8.09. The quantitative estimate of drug-likeness (QED) is 0.471. The van der Waals surface area contributed by atoms with Crippen LogP contribution in [-0.4, -0.2) is 22.6 Å². The molecule has 1 amide bonds. The van der Waals surface area contributed by atoms with E-state index in [2.05, 4.69) is 20.4 Å². The molecule has 0 radical (unpaired) electrons. The van der Waals surface area contributed by atoms with Crippen LogP contribution in [0, 0.1) is 5.82 Å². The number of aromatic nitrogens is 2. The monoisotopic (exact) mass is 434 g/mol. The molecule has 0 saturated carbocycles. The molecular formula is C23H19FN4O2S. The third-order valence-electron chi connectivity index (χ3n) is 5.27. The maximum atomic E-state index is 13.2. The molecule has 0 fully saturated rings. The number of fused-ring (bicyclic) bond motifs is 1. The zero-order valence-corrected chi connectivity index (χ0v) is 17.4. The number of rotatable bonds is 5. The molecule has 0 aliphatic carbocycles. The summed E-state index contributed by atoms with van der Waals surface area (Å²) in [6.07, 6.45) is 1.80. The second-order valence-electron chi connectivity index (χ2n) is 7.31. The van der Waals surface area contributed by atoms with E-state index in [4.69, 9.17) is 4.52 Å². The van der Waals surface area contributed by atoms with Crippen molar-refractivity contribution in [2.24, 2.45) is 0 Å². The van der Waals surface area contributed by atoms with Crippen molar-refractivity contribution < 1.29 is 13.7 Å². The number of hydrogen-bond donors (Lipinski definition) is 1. The predicted molar refractivity (Wildman–Crippen MR) is 118 cm³/mol. The van der Waals surface area contributed by atoms with Gasteiger partial charge in [0.25, 0.3) is 5.91 Å². The van der Waals surface area contributed by atoms with E-state index >= 15 is 0 Å². The summed E-state index contributed by atoms with van der Waals surface area (Å²) in [5, 5.41) is 11.0. The maximum absolute atomic E-state index is 13.2. The molecule has 1 aliphatic rings. The van der Waals surface area contributed by atoms with Crippen molar-refractivity contribution in [1.82, 2.24) is 10.1 Å². The number of hydrogen-bond acceptors (Lipinski definition) is 6. The molecule has 0 saturated heterocycles. The van der Waals surface area contributed by atoms with Crippen molar-refractivity contribution >= 4 is 28.6 Å². The summed E-state index contributed by atoms with van der Waals surface area (Å²) in [6, 6.07) is 13.3. The zero-order valence-electron chi connectivity index (χ0n) is 16.5. The van der Waals surface area contributed by atoms with Gasteiger partial charge in [0, 0.05) is 34.4 Å². The Labute approximate surface area is 182 Å². The number of halogens is 1. The molecule has 8 heteroatoms. The third kappa shape index (κ3) is 4.06. The van der Waals surface area contributed by atoms with Crippen molar-refractivity contribution in [3.63, 3.8) is 0 Å². The smallest absolute Gasteiger partial charge is 0.255 e. The standard InChI is InChI=1S/C23H19FN4O2S/c24-17-8-6-15(7-9-17)23(29)25-19-4-1-5-20-18(19)3-2-11-28(20)13-21-26-22(27-30-21)16-10-12-31-14-16/h1,4-10,12,14H,2-3,11,13H2,(H,25,29). The zero-order chi connectivity index (χ0) is 21.2. The highest BCUT2D eigenvalue weighted by Crippen LogP contribution is 2.34. The van der Waals surface area contributed by atoms with Gasteiger partial charge in [-0.25, -0.2) is 4.39 Å². The largest absolute Gasteiger partial charge is 0.362 e. The average molecular weight is 434 g/mol. The van der Waals surface area contributed by atoms with Crippen LogP contribution in [0.15, 0.2) is 63.8 Å². The highest BCUT2D eigenvalue weighted by molar-refractivity contribution is 7.08. The number of carbonyl (C=O) groups excluding carboxylic acids is 1. The average Bonchev–Trinajstić information content (AvgIpc) is 3.47. The van der Waals surface area contributed by atoms with Gasteiger partial charge in [-0.1, -0.05) is 11.2 Å². The predicted octanol–water partition coefficient (Wildman–Crippen LogP) is 5.14. The number of nitrogens with one attached hydrogen (secondary N) is 1. The van der Waals surface area contributed by atoms with Crippen molar-refractivity contribution in [2.45, 2.75) is 19.4 Å². The summed E-state index contributed by atoms with van der Waals surface area (Å²) in [5.74, 6) is 0.513. The van der Waals surface area contributed by atoms with E-state index in [0.29, 0.717) is 23.8 Å². The van der Waals surface area contributed by atoms with E-state index in [-0.39, 0.29) is 11.7 Å². The lowest BCUT2D eigenvalue weighted by atomic mass is 9.99. The summed E-state index contributed by atoms with van der Waals surface area (Å²) < 4.78 is 18.6. The minimum atomic E-state index is -0.368. The third-order valence-corrected chi connectivity index (χ3v) is 5.96. The van der Waals surface area contributed by atoms with Gasteiger partial charge in [0.1, 0.15) is 5.82 Å². The molecular weight excluding hydrogens is 415 g/mol. The molecule has 0 spiro atoms. The first-order chi connectivity index (χ1) is 15.2. The molecule has 5 rings (SSSR count). The fraction of sp³-hybridized carbons (Fsp3) is 0.174. The molecule has 0 unspecified atom stereocenters. The van der Waals surface area contributed by atoms with Gasteiger partial charge in [0.15, 0.2) is 0 Å². The SMILES string of the molecule is O=C(Nc1cccc2c1CCCN2Cc1nc(-c2ccsc2)no1)c1ccc(F)cc1. The number of carbonyl (C=O) groups is 1. The van der Waals surface area contributed by atoms with Crippen LogP contribution < -0.4 is 10.2 Å². The molecule has 0 atom stereocenters. The summed E-state index contributed by atoms with van der Waals surface area (Å²) in [6.45, 7) is 1.36. The van der Waals surface area contributed by atoms with Gasteiger partial charge in [0.2, 0.25) is 11.7 Å². The van der Waals surface area contributed by atoms with Gasteiger partial charge in [0.05, 0.1) is 6.54 Å². The topological polar surface area (TPSA) is 71.3 Å². The number of amides is 1. The number of benzene rings is 2. The molecule has 2 aromatic carbocycles. The Balaban J connectivity index is 1.36. The molecule has 2 aromatic heterocycles. The Morgan fingerprint density at radius 3 is 2.87 bits per heavy atom. The van der Waals surface area contributed by atoms with Crippen molar-refractivity contribution in [2.75, 3.05) is 16.8 Å². The van der Waals surface area contributed by atoms with Crippen LogP contribution in [0.2, 0.25) is 0 Å². The Kier molecular flexibility index (Phi) is 5.21. The fourth-order valence-corrected chi connectivity index (χ4v) is 4.40. The summed E-state index contributed by atoms with van der Waals surface area (Å²) in [4.78, 5) is 19.3. The normalized spacial score (nSPS) is 13.1. The minimum Gasteiger partial charge on any atom is -0.362 e. The molecule has 6 nitrogen and oxygen atoms in total. The lowest BCUT2D eigenvalue weighted by molar-refractivity contribution is 0.102. The van der Waals surface area contributed by atoms with Gasteiger partial charge >= 0.3 is 0 Å². The van der Waals surface area contributed by atoms with Crippen LogP contribution in [0.4, 0.5) is 15.8 Å². The first kappa shape index (κ1) is 19.4. The van der Waals surface area contributed by atoms with Gasteiger partial charge in [-0.05, 0) is 66.2 Å². The number of nitrogens with zero attached hydrogens (tertiary/aromatic N) is 3. The van der Waals surface area contributed by atoms with Gasteiger partial charge in [-0.15, -0.1) is 0 Å². The summed E-state index contributed by atoms with van der Waals surface area (Å²) >= 11 is 1.59. The van der Waals surface area contributed by atoms with Gasteiger partial charge in [-0.3, -0.25) is 4.79 Å². The van der Waals surface area contributed by atoms with E-state index in [1.165, 1.54) is 24.3 Å². The van der Waals surface area contributed by atoms with E-state index in [1.807, 2.05) is 35.0 Å². The fourth-order valence-electron chi connectivity index (χ4n) is 3.77. The highest BCUT2D eigenvalue weighted by atomic mass is 32.1. The Morgan fingerprint density at radius 2 is 2.06 bits per heavy atom. The molecule has 0 bridgehead atoms.